The lowest BCUT2D eigenvalue weighted by atomic mass is 10.2. The van der Waals surface area contributed by atoms with Crippen LogP contribution in [0.5, 0.6) is 0 Å². The maximum absolute atomic E-state index is 4.70. The monoisotopic (exact) mass is 261 g/mol. The summed E-state index contributed by atoms with van der Waals surface area (Å²) in [5.74, 6) is 1.22. The van der Waals surface area contributed by atoms with Gasteiger partial charge in [-0.25, -0.2) is 4.98 Å². The number of nitrogens with zero attached hydrogens (tertiary/aromatic N) is 3. The van der Waals surface area contributed by atoms with Gasteiger partial charge >= 0.3 is 0 Å². The summed E-state index contributed by atoms with van der Waals surface area (Å²) in [4.78, 5) is 7.25. The summed E-state index contributed by atoms with van der Waals surface area (Å²) in [6.45, 7) is 4.31. The van der Waals surface area contributed by atoms with Gasteiger partial charge in [0.1, 0.15) is 5.82 Å². The van der Waals surface area contributed by atoms with Crippen LogP contribution in [-0.4, -0.2) is 21.0 Å². The van der Waals surface area contributed by atoms with Crippen LogP contribution in [-0.2, 0) is 13.6 Å². The summed E-state index contributed by atoms with van der Waals surface area (Å²) in [5.41, 5.74) is 2.55. The molecule has 1 aliphatic rings. The summed E-state index contributed by atoms with van der Waals surface area (Å²) >= 11 is 1.78. The number of rotatable bonds is 3. The summed E-state index contributed by atoms with van der Waals surface area (Å²) < 4.78 is 2.19. The highest BCUT2D eigenvalue weighted by Crippen LogP contribution is 2.32. The minimum atomic E-state index is 0.489. The average Bonchev–Trinajstić information content (AvgIpc) is 3.02. The molecule has 0 unspecified atom stereocenters. The van der Waals surface area contributed by atoms with Crippen LogP contribution >= 0.6 is 11.3 Å². The number of hydrogen-bond donors (Lipinski definition) is 0. The quantitative estimate of drug-likeness (QED) is 0.846. The van der Waals surface area contributed by atoms with Crippen molar-refractivity contribution >= 4 is 11.3 Å². The Balaban J connectivity index is 1.81. The van der Waals surface area contributed by atoms with Gasteiger partial charge in [0.2, 0.25) is 0 Å². The van der Waals surface area contributed by atoms with Crippen LogP contribution in [0.3, 0.4) is 0 Å². The summed E-state index contributed by atoms with van der Waals surface area (Å²) in [6.07, 6.45) is 4.63. The van der Waals surface area contributed by atoms with Crippen molar-refractivity contribution < 1.29 is 0 Å². The first kappa shape index (κ1) is 11.9. The predicted molar refractivity (Wildman–Crippen MR) is 74.6 cm³/mol. The number of imidazole rings is 1. The molecule has 0 saturated carbocycles. The molecule has 0 N–H and O–H groups in total. The molecule has 3 nitrogen and oxygen atoms in total. The van der Waals surface area contributed by atoms with Crippen LogP contribution in [0.25, 0.3) is 0 Å². The minimum absolute atomic E-state index is 0.489. The van der Waals surface area contributed by atoms with Crippen LogP contribution in [0.2, 0.25) is 0 Å². The first-order valence-corrected chi connectivity index (χ1v) is 7.43. The highest BCUT2D eigenvalue weighted by molar-refractivity contribution is 7.07. The van der Waals surface area contributed by atoms with Gasteiger partial charge in [-0.1, -0.05) is 0 Å². The van der Waals surface area contributed by atoms with Gasteiger partial charge in [-0.2, -0.15) is 11.3 Å². The zero-order valence-electron chi connectivity index (χ0n) is 11.0. The SMILES string of the molecule is Cc1cn(C)c([C@H]2CCCN2Cc2ccsc2)n1. The van der Waals surface area contributed by atoms with E-state index in [2.05, 4.69) is 46.5 Å². The van der Waals surface area contributed by atoms with Gasteiger partial charge in [0, 0.05) is 19.8 Å². The van der Waals surface area contributed by atoms with Gasteiger partial charge in [-0.3, -0.25) is 4.90 Å². The number of hydrogen-bond acceptors (Lipinski definition) is 3. The molecule has 18 heavy (non-hydrogen) atoms. The molecule has 1 atom stereocenters. The molecule has 1 fully saturated rings. The zero-order chi connectivity index (χ0) is 12.5. The van der Waals surface area contributed by atoms with Crippen LogP contribution < -0.4 is 0 Å². The highest BCUT2D eigenvalue weighted by atomic mass is 32.1. The molecule has 1 saturated heterocycles. The van der Waals surface area contributed by atoms with Gasteiger partial charge in [0.05, 0.1) is 11.7 Å². The van der Waals surface area contributed by atoms with E-state index < -0.39 is 0 Å². The summed E-state index contributed by atoms with van der Waals surface area (Å²) in [6, 6.07) is 2.72. The molecule has 4 heteroatoms. The first-order chi connectivity index (χ1) is 8.74. The van der Waals surface area contributed by atoms with E-state index in [4.69, 9.17) is 4.98 Å². The molecule has 0 radical (unpaired) electrons. The molecule has 3 heterocycles. The third-order valence-corrected chi connectivity index (χ3v) is 4.39. The van der Waals surface area contributed by atoms with Crippen LogP contribution in [0.15, 0.2) is 23.0 Å². The Hall–Kier alpha value is -1.13. The van der Waals surface area contributed by atoms with Crippen molar-refractivity contribution in [3.8, 4) is 0 Å². The molecule has 1 aliphatic heterocycles. The van der Waals surface area contributed by atoms with E-state index in [0.717, 1.165) is 12.2 Å². The van der Waals surface area contributed by atoms with Gasteiger partial charge in [-0.05, 0) is 48.7 Å². The topological polar surface area (TPSA) is 21.1 Å². The molecule has 0 amide bonds. The Morgan fingerprint density at radius 3 is 3.06 bits per heavy atom. The van der Waals surface area contributed by atoms with Gasteiger partial charge in [0.25, 0.3) is 0 Å². The van der Waals surface area contributed by atoms with E-state index in [1.165, 1.54) is 30.8 Å². The van der Waals surface area contributed by atoms with Crippen molar-refractivity contribution in [1.29, 1.82) is 0 Å². The van der Waals surface area contributed by atoms with Crippen LogP contribution in [0, 0.1) is 6.92 Å². The van der Waals surface area contributed by atoms with Crippen molar-refractivity contribution in [2.24, 2.45) is 7.05 Å². The maximum Gasteiger partial charge on any atom is 0.126 e. The fraction of sp³-hybridized carbons (Fsp3) is 0.500. The van der Waals surface area contributed by atoms with E-state index in [-0.39, 0.29) is 0 Å². The second-order valence-corrected chi connectivity index (χ2v) is 5.89. The van der Waals surface area contributed by atoms with Gasteiger partial charge in [-0.15, -0.1) is 0 Å². The Morgan fingerprint density at radius 2 is 2.39 bits per heavy atom. The van der Waals surface area contributed by atoms with E-state index in [1.54, 1.807) is 11.3 Å². The second kappa shape index (κ2) is 4.86. The van der Waals surface area contributed by atoms with Gasteiger partial charge in [0.15, 0.2) is 0 Å². The minimum Gasteiger partial charge on any atom is -0.336 e. The number of thiophene rings is 1. The number of likely N-dealkylation sites (tertiary alicyclic amines) is 1. The molecule has 96 valence electrons. The molecular formula is C14H19N3S. The van der Waals surface area contributed by atoms with Crippen LogP contribution in [0.4, 0.5) is 0 Å². The van der Waals surface area contributed by atoms with Crippen molar-refractivity contribution in [3.63, 3.8) is 0 Å². The van der Waals surface area contributed by atoms with E-state index in [1.807, 2.05) is 0 Å². The molecule has 2 aromatic rings. The van der Waals surface area contributed by atoms with Crippen molar-refractivity contribution in [3.05, 3.63) is 40.1 Å². The Labute approximate surface area is 112 Å². The summed E-state index contributed by atoms with van der Waals surface area (Å²) in [7, 11) is 2.11. The Morgan fingerprint density at radius 1 is 1.50 bits per heavy atom. The predicted octanol–water partition coefficient (Wildman–Crippen LogP) is 3.13. The normalized spacial score (nSPS) is 20.7. The molecule has 0 aromatic carbocycles. The lowest BCUT2D eigenvalue weighted by molar-refractivity contribution is 0.237. The summed E-state index contributed by atoms with van der Waals surface area (Å²) in [5, 5.41) is 4.41. The molecule has 0 aliphatic carbocycles. The largest absolute Gasteiger partial charge is 0.336 e. The zero-order valence-corrected chi connectivity index (χ0v) is 11.8. The Kier molecular flexibility index (Phi) is 3.22. The molecular weight excluding hydrogens is 242 g/mol. The standard InChI is InChI=1S/C14H19N3S/c1-11-8-16(2)14(15-11)13-4-3-6-17(13)9-12-5-7-18-10-12/h5,7-8,10,13H,3-4,6,9H2,1-2H3/t13-/m1/s1. The maximum atomic E-state index is 4.70. The lowest BCUT2D eigenvalue weighted by Gasteiger charge is -2.23. The smallest absolute Gasteiger partial charge is 0.126 e. The number of aromatic nitrogens is 2. The van der Waals surface area contributed by atoms with Crippen molar-refractivity contribution in [2.75, 3.05) is 6.54 Å². The lowest BCUT2D eigenvalue weighted by Crippen LogP contribution is -2.24. The molecule has 0 spiro atoms. The fourth-order valence-electron chi connectivity index (χ4n) is 2.87. The van der Waals surface area contributed by atoms with Gasteiger partial charge < -0.3 is 4.57 Å². The average molecular weight is 261 g/mol. The fourth-order valence-corrected chi connectivity index (χ4v) is 3.53. The number of aryl methyl sites for hydroxylation is 2. The van der Waals surface area contributed by atoms with E-state index >= 15 is 0 Å². The second-order valence-electron chi connectivity index (χ2n) is 5.11. The Bertz CT molecular complexity index is 515. The van der Waals surface area contributed by atoms with Crippen molar-refractivity contribution in [2.45, 2.75) is 32.4 Å². The van der Waals surface area contributed by atoms with E-state index in [0.29, 0.717) is 6.04 Å². The third-order valence-electron chi connectivity index (χ3n) is 3.66. The highest BCUT2D eigenvalue weighted by Gasteiger charge is 2.29. The third kappa shape index (κ3) is 2.22. The molecule has 2 aromatic heterocycles. The molecule has 0 bridgehead atoms. The molecule has 3 rings (SSSR count). The van der Waals surface area contributed by atoms with Crippen molar-refractivity contribution in [1.82, 2.24) is 14.5 Å². The first-order valence-electron chi connectivity index (χ1n) is 6.49. The van der Waals surface area contributed by atoms with Crippen LogP contribution in [0.1, 0.15) is 36.0 Å². The van der Waals surface area contributed by atoms with E-state index in [9.17, 15) is 0 Å².